The highest BCUT2D eigenvalue weighted by molar-refractivity contribution is 5.86. The number of hydrogen-bond acceptors (Lipinski definition) is 0. The molecule has 0 aromatic heterocycles. The van der Waals surface area contributed by atoms with E-state index in [2.05, 4.69) is 300 Å². The summed E-state index contributed by atoms with van der Waals surface area (Å²) in [6, 6.07) is 87.8. The molecule has 0 amide bonds. The lowest BCUT2D eigenvalue weighted by atomic mass is 9.73. The molecule has 0 bridgehead atoms. The van der Waals surface area contributed by atoms with Crippen molar-refractivity contribution in [3.63, 3.8) is 0 Å². The fraction of sp³-hybridized carbons (Fsp3) is 0.357. The molecule has 2 saturated carbocycles. The maximum Gasteiger partial charge on any atom is -0.0114 e. The van der Waals surface area contributed by atoms with Crippen LogP contribution in [0, 0.1) is 67.2 Å². The molecule has 0 nitrogen and oxygen atoms in total. The van der Waals surface area contributed by atoms with Gasteiger partial charge in [-0.15, -0.1) is 0 Å². The van der Waals surface area contributed by atoms with Crippen molar-refractivity contribution < 1.29 is 0 Å². The van der Waals surface area contributed by atoms with E-state index in [9.17, 15) is 0 Å². The van der Waals surface area contributed by atoms with Crippen molar-refractivity contribution in [3.8, 4) is 89.0 Å². The van der Waals surface area contributed by atoms with Gasteiger partial charge in [0.05, 0.1) is 0 Å². The van der Waals surface area contributed by atoms with E-state index in [0.29, 0.717) is 0 Å². The van der Waals surface area contributed by atoms with Gasteiger partial charge in [-0.2, -0.15) is 0 Å². The van der Waals surface area contributed by atoms with Crippen LogP contribution in [0.3, 0.4) is 0 Å². The van der Waals surface area contributed by atoms with E-state index in [1.165, 1.54) is 300 Å². The minimum Gasteiger partial charge on any atom is -0.0651 e. The summed E-state index contributed by atoms with van der Waals surface area (Å²) in [5.74, 6) is 1.68. The Hall–Kier alpha value is -9.36. The van der Waals surface area contributed by atoms with Crippen molar-refractivity contribution in [3.05, 3.63) is 331 Å². The molecule has 5 aliphatic carbocycles. The number of rotatable bonds is 16. The molecule has 0 saturated heterocycles. The smallest absolute Gasteiger partial charge is 0.0114 e. The summed E-state index contributed by atoms with van der Waals surface area (Å²) in [4.78, 5) is 0. The second-order valence-corrected chi connectivity index (χ2v) is 34.6. The van der Waals surface area contributed by atoms with Crippen LogP contribution in [-0.4, -0.2) is 0 Å². The molecular weight excluding hydrogens is 1350 g/mol. The Morgan fingerprint density at radius 3 is 0.652 bits per heavy atom. The molecule has 12 aromatic carbocycles. The van der Waals surface area contributed by atoms with Crippen LogP contribution in [0.1, 0.15) is 230 Å². The summed E-state index contributed by atoms with van der Waals surface area (Å²) < 4.78 is 0. The Morgan fingerprint density at radius 2 is 0.411 bits per heavy atom. The second kappa shape index (κ2) is 38.0. The Morgan fingerprint density at radius 1 is 0.205 bits per heavy atom. The zero-order valence-corrected chi connectivity index (χ0v) is 69.9. The molecular formula is C112H126. The second-order valence-electron chi connectivity index (χ2n) is 34.6. The van der Waals surface area contributed by atoms with Gasteiger partial charge in [-0.1, -0.05) is 366 Å². The van der Waals surface area contributed by atoms with E-state index in [1.54, 1.807) is 55.6 Å². The van der Waals surface area contributed by atoms with Gasteiger partial charge in [0.1, 0.15) is 0 Å². The standard InChI is InChI=1S/C34H42.C28H30.C26H30.C24H24/c1-25-13-17-29(18-14-25)33-23-32(22-28-11-7-4-8-12-28)34(30-19-15-26(2)16-20-30)24-31(33)21-27-9-5-3-6-10-27;1-19-11-15-21(16-12-19)27-23-7-3-5-9-25(23)28(22-17-13-20(2)14-18-22)26-10-6-4-8-24(26)27;1-5-7-23-17-26(22-15-11-20(4)12-16-22)24(8-6-2)18-25(23)21-13-9-19(3)10-14-21;1-17-7-11-19(12-8-17)21-15-16-22(20-13-9-18(2)10-14-20)24-6-4-3-5-23(21)24/h13-20,23-24,27-28H,3-12,21-22H2,1-2H3;11-18H,3-10H2,1-2H3;9-18H,5-8H2,1-4H3;7-16H,3-6H2,1-2H3. The summed E-state index contributed by atoms with van der Waals surface area (Å²) in [6.07, 6.45) is 36.4. The SMILES string of the molecule is CCCc1cc(-c2ccc(C)cc2)c(CCC)cc1-c1ccc(C)cc1.Cc1ccc(-c2c3c(c(-c4ccc(C)cc4)c4c2CCCC4)CCCC3)cc1.Cc1ccc(-c2cc(CC3CCCCC3)c(-c3ccc(C)cc3)cc2CC2CCCCC2)cc1.Cc1ccc(-c2ccc(-c3ccc(C)cc3)c3c2CCCC3)cc1. The van der Waals surface area contributed by atoms with Crippen molar-refractivity contribution >= 4 is 0 Å². The Balaban J connectivity index is 0.000000125. The monoisotopic (exact) mass is 1470 g/mol. The van der Waals surface area contributed by atoms with E-state index in [-0.39, 0.29) is 0 Å². The molecule has 0 heteroatoms. The third-order valence-corrected chi connectivity index (χ3v) is 25.7. The zero-order chi connectivity index (χ0) is 77.5. The first kappa shape index (κ1) is 79.3. The van der Waals surface area contributed by atoms with Crippen molar-refractivity contribution in [2.75, 3.05) is 0 Å². The van der Waals surface area contributed by atoms with E-state index in [1.807, 2.05) is 0 Å². The predicted octanol–water partition coefficient (Wildman–Crippen LogP) is 31.3. The minimum absolute atomic E-state index is 0.841. The number of hydrogen-bond donors (Lipinski definition) is 0. The van der Waals surface area contributed by atoms with Gasteiger partial charge < -0.3 is 0 Å². The maximum absolute atomic E-state index is 2.60. The van der Waals surface area contributed by atoms with Crippen LogP contribution in [0.15, 0.2) is 231 Å². The Bertz CT molecular complexity index is 4700. The van der Waals surface area contributed by atoms with Crippen LogP contribution in [0.5, 0.6) is 0 Å². The van der Waals surface area contributed by atoms with E-state index in [0.717, 1.165) is 24.7 Å². The fourth-order valence-corrected chi connectivity index (χ4v) is 19.4. The molecule has 0 radical (unpaired) electrons. The van der Waals surface area contributed by atoms with E-state index >= 15 is 0 Å². The minimum atomic E-state index is 0.841. The molecule has 0 aliphatic heterocycles. The molecule has 574 valence electrons. The normalized spacial score (nSPS) is 14.8. The van der Waals surface area contributed by atoms with Crippen molar-refractivity contribution in [1.29, 1.82) is 0 Å². The van der Waals surface area contributed by atoms with Gasteiger partial charge in [0.2, 0.25) is 0 Å². The van der Waals surface area contributed by atoms with Crippen LogP contribution in [-0.2, 0) is 64.2 Å². The Kier molecular flexibility index (Phi) is 26.9. The number of benzene rings is 12. The van der Waals surface area contributed by atoms with Crippen LogP contribution in [0.2, 0.25) is 0 Å². The van der Waals surface area contributed by atoms with Gasteiger partial charge in [-0.05, 0) is 315 Å². The lowest BCUT2D eigenvalue weighted by Gasteiger charge is -2.32. The van der Waals surface area contributed by atoms with Crippen LogP contribution in [0.4, 0.5) is 0 Å². The van der Waals surface area contributed by atoms with Gasteiger partial charge in [0, 0.05) is 0 Å². The molecule has 0 atom stereocenters. The fourth-order valence-electron chi connectivity index (χ4n) is 19.4. The van der Waals surface area contributed by atoms with Crippen molar-refractivity contribution in [1.82, 2.24) is 0 Å². The molecule has 2 fully saturated rings. The van der Waals surface area contributed by atoms with Gasteiger partial charge in [0.25, 0.3) is 0 Å². The average molecular weight is 1470 g/mol. The summed E-state index contributed by atoms with van der Waals surface area (Å²) >= 11 is 0. The predicted molar refractivity (Wildman–Crippen MR) is 486 cm³/mol. The lowest BCUT2D eigenvalue weighted by Crippen LogP contribution is -2.15. The highest BCUT2D eigenvalue weighted by atomic mass is 14.3. The molecule has 0 heterocycles. The molecule has 112 heavy (non-hydrogen) atoms. The van der Waals surface area contributed by atoms with Crippen LogP contribution < -0.4 is 0 Å². The lowest BCUT2D eigenvalue weighted by molar-refractivity contribution is 0.355. The number of fused-ring (bicyclic) bond motifs is 3. The molecule has 0 unspecified atom stereocenters. The summed E-state index contributed by atoms with van der Waals surface area (Å²) in [5.41, 5.74) is 49.4. The quantitative estimate of drug-likeness (QED) is 0.0904. The number of aryl methyl sites for hydroxylation is 10. The summed E-state index contributed by atoms with van der Waals surface area (Å²) in [5, 5.41) is 0. The molecule has 5 aliphatic rings. The topological polar surface area (TPSA) is 0 Å². The van der Waals surface area contributed by atoms with Crippen molar-refractivity contribution in [2.45, 2.75) is 249 Å². The highest BCUT2D eigenvalue weighted by Crippen LogP contribution is 2.48. The van der Waals surface area contributed by atoms with Gasteiger partial charge >= 0.3 is 0 Å². The van der Waals surface area contributed by atoms with Gasteiger partial charge in [-0.3, -0.25) is 0 Å². The van der Waals surface area contributed by atoms with E-state index in [4.69, 9.17) is 0 Å². The third kappa shape index (κ3) is 19.5. The maximum atomic E-state index is 2.60. The molecule has 0 N–H and O–H groups in total. The highest BCUT2D eigenvalue weighted by Gasteiger charge is 2.29. The van der Waals surface area contributed by atoms with Gasteiger partial charge in [0.15, 0.2) is 0 Å². The van der Waals surface area contributed by atoms with E-state index < -0.39 is 0 Å². The molecule has 17 rings (SSSR count). The van der Waals surface area contributed by atoms with Gasteiger partial charge in [-0.25, -0.2) is 0 Å². The Labute approximate surface area is 676 Å². The first-order chi connectivity index (χ1) is 54.7. The first-order valence-corrected chi connectivity index (χ1v) is 43.9. The van der Waals surface area contributed by atoms with Crippen LogP contribution >= 0.6 is 0 Å². The summed E-state index contributed by atoms with van der Waals surface area (Å²) in [6.45, 7) is 21.9. The summed E-state index contributed by atoms with van der Waals surface area (Å²) in [7, 11) is 0. The first-order valence-electron chi connectivity index (χ1n) is 43.9. The molecule has 0 spiro atoms. The average Bonchev–Trinajstić information content (AvgIpc) is 0.735. The molecule has 12 aromatic rings. The largest absolute Gasteiger partial charge is 0.0651 e. The van der Waals surface area contributed by atoms with Crippen LogP contribution in [0.25, 0.3) is 89.0 Å². The third-order valence-electron chi connectivity index (χ3n) is 25.7. The van der Waals surface area contributed by atoms with Crippen molar-refractivity contribution in [2.24, 2.45) is 11.8 Å². The zero-order valence-electron chi connectivity index (χ0n) is 69.9.